The van der Waals surface area contributed by atoms with Gasteiger partial charge in [-0.2, -0.15) is 0 Å². The summed E-state index contributed by atoms with van der Waals surface area (Å²) in [6.07, 6.45) is 2.55. The molecule has 1 saturated carbocycles. The minimum absolute atomic E-state index is 0.104. The van der Waals surface area contributed by atoms with Crippen molar-refractivity contribution in [3.63, 3.8) is 0 Å². The zero-order valence-corrected chi connectivity index (χ0v) is 10.7. The largest absolute Gasteiger partial charge is 0.480 e. The summed E-state index contributed by atoms with van der Waals surface area (Å²) in [7, 11) is 0. The molecule has 0 unspecified atom stereocenters. The van der Waals surface area contributed by atoms with E-state index in [4.69, 9.17) is 5.11 Å². The van der Waals surface area contributed by atoms with Crippen LogP contribution in [0.3, 0.4) is 0 Å². The Labute approximate surface area is 112 Å². The molecule has 0 bridgehead atoms. The fourth-order valence-corrected chi connectivity index (χ4v) is 1.96. The molecule has 1 aromatic rings. The standard InChI is InChI=1S/C14H18N2O3/c17-13(18)10-16(12-6-7-12)14(19)15-9-8-11-4-2-1-3-5-11/h1-5,12H,6-10H2,(H,15,19)(H,17,18). The number of carboxylic acids is 1. The first kappa shape index (κ1) is 13.4. The molecule has 102 valence electrons. The van der Waals surface area contributed by atoms with E-state index in [0.717, 1.165) is 24.8 Å². The zero-order valence-electron chi connectivity index (χ0n) is 10.7. The van der Waals surface area contributed by atoms with Crippen LogP contribution in [0.4, 0.5) is 4.79 Å². The van der Waals surface area contributed by atoms with Crippen molar-refractivity contribution in [2.75, 3.05) is 13.1 Å². The summed E-state index contributed by atoms with van der Waals surface area (Å²) in [5.74, 6) is -0.967. The number of carbonyl (C=O) groups is 2. The highest BCUT2D eigenvalue weighted by Gasteiger charge is 2.33. The van der Waals surface area contributed by atoms with E-state index in [1.54, 1.807) is 0 Å². The van der Waals surface area contributed by atoms with Crippen molar-refractivity contribution in [2.45, 2.75) is 25.3 Å². The smallest absolute Gasteiger partial charge is 0.323 e. The number of rotatable bonds is 6. The van der Waals surface area contributed by atoms with Crippen LogP contribution in [0.25, 0.3) is 0 Å². The van der Waals surface area contributed by atoms with Gasteiger partial charge in [0.2, 0.25) is 0 Å². The van der Waals surface area contributed by atoms with E-state index in [1.165, 1.54) is 4.90 Å². The maximum Gasteiger partial charge on any atom is 0.323 e. The summed E-state index contributed by atoms with van der Waals surface area (Å²) in [4.78, 5) is 24.0. The quantitative estimate of drug-likeness (QED) is 0.816. The Balaban J connectivity index is 1.77. The summed E-state index contributed by atoms with van der Waals surface area (Å²) in [5, 5.41) is 11.6. The van der Waals surface area contributed by atoms with Gasteiger partial charge in [0, 0.05) is 12.6 Å². The van der Waals surface area contributed by atoms with Crippen molar-refractivity contribution in [3.8, 4) is 0 Å². The Morgan fingerprint density at radius 1 is 1.26 bits per heavy atom. The SMILES string of the molecule is O=C(O)CN(C(=O)NCCc1ccccc1)C1CC1. The highest BCUT2D eigenvalue weighted by molar-refractivity contribution is 5.80. The molecule has 2 N–H and O–H groups in total. The number of aliphatic carboxylic acids is 1. The van der Waals surface area contributed by atoms with Crippen LogP contribution < -0.4 is 5.32 Å². The summed E-state index contributed by atoms with van der Waals surface area (Å²) >= 11 is 0. The Morgan fingerprint density at radius 3 is 2.53 bits per heavy atom. The van der Waals surface area contributed by atoms with Gasteiger partial charge in [-0.1, -0.05) is 30.3 Å². The highest BCUT2D eigenvalue weighted by Crippen LogP contribution is 2.26. The second-order valence-electron chi connectivity index (χ2n) is 4.72. The molecular formula is C14H18N2O3. The lowest BCUT2D eigenvalue weighted by atomic mass is 10.1. The van der Waals surface area contributed by atoms with Crippen molar-refractivity contribution >= 4 is 12.0 Å². The third-order valence-corrected chi connectivity index (χ3v) is 3.09. The first-order valence-corrected chi connectivity index (χ1v) is 6.47. The van der Waals surface area contributed by atoms with Crippen molar-refractivity contribution in [2.24, 2.45) is 0 Å². The number of nitrogens with zero attached hydrogens (tertiary/aromatic N) is 1. The molecule has 19 heavy (non-hydrogen) atoms. The number of urea groups is 1. The molecule has 5 nitrogen and oxygen atoms in total. The first-order chi connectivity index (χ1) is 9.16. The Morgan fingerprint density at radius 2 is 1.95 bits per heavy atom. The second-order valence-corrected chi connectivity index (χ2v) is 4.72. The lowest BCUT2D eigenvalue weighted by molar-refractivity contribution is -0.137. The van der Waals surface area contributed by atoms with Gasteiger partial charge in [0.05, 0.1) is 0 Å². The molecule has 0 aliphatic heterocycles. The summed E-state index contributed by atoms with van der Waals surface area (Å²) in [5.41, 5.74) is 1.15. The molecule has 0 atom stereocenters. The van der Waals surface area contributed by atoms with Crippen LogP contribution in [0.15, 0.2) is 30.3 Å². The Hall–Kier alpha value is -2.04. The Kier molecular flexibility index (Phi) is 4.39. The number of benzene rings is 1. The second kappa shape index (κ2) is 6.22. The average Bonchev–Trinajstić information content (AvgIpc) is 3.21. The fourth-order valence-electron chi connectivity index (χ4n) is 1.96. The van der Waals surface area contributed by atoms with Gasteiger partial charge in [0.1, 0.15) is 6.54 Å². The summed E-state index contributed by atoms with van der Waals surface area (Å²) < 4.78 is 0. The molecule has 0 heterocycles. The van der Waals surface area contributed by atoms with E-state index in [1.807, 2.05) is 30.3 Å². The van der Waals surface area contributed by atoms with Crippen LogP contribution in [0.1, 0.15) is 18.4 Å². The van der Waals surface area contributed by atoms with Gasteiger partial charge in [-0.3, -0.25) is 4.79 Å². The van der Waals surface area contributed by atoms with E-state index >= 15 is 0 Å². The molecule has 0 radical (unpaired) electrons. The van der Waals surface area contributed by atoms with Gasteiger partial charge in [0.15, 0.2) is 0 Å². The molecule has 1 aliphatic carbocycles. The van der Waals surface area contributed by atoms with Crippen LogP contribution in [0.5, 0.6) is 0 Å². The lowest BCUT2D eigenvalue weighted by Gasteiger charge is -2.20. The van der Waals surface area contributed by atoms with Gasteiger partial charge in [-0.05, 0) is 24.8 Å². The number of hydrogen-bond acceptors (Lipinski definition) is 2. The molecule has 1 fully saturated rings. The van der Waals surface area contributed by atoms with Crippen LogP contribution in [0.2, 0.25) is 0 Å². The number of carboxylic acid groups (broad SMARTS) is 1. The topological polar surface area (TPSA) is 69.6 Å². The minimum atomic E-state index is -0.967. The normalized spacial score (nSPS) is 13.9. The molecule has 2 amide bonds. The van der Waals surface area contributed by atoms with Crippen LogP contribution in [0, 0.1) is 0 Å². The molecule has 5 heteroatoms. The predicted octanol–water partition coefficient (Wildman–Crippen LogP) is 1.49. The summed E-state index contributed by atoms with van der Waals surface area (Å²) in [6, 6.07) is 9.69. The van der Waals surface area contributed by atoms with Crippen molar-refractivity contribution in [1.82, 2.24) is 10.2 Å². The molecule has 0 saturated heterocycles. The molecule has 1 aliphatic rings. The van der Waals surface area contributed by atoms with Crippen LogP contribution in [-0.4, -0.2) is 41.1 Å². The van der Waals surface area contributed by atoms with Gasteiger partial charge in [-0.15, -0.1) is 0 Å². The van der Waals surface area contributed by atoms with Crippen molar-refractivity contribution < 1.29 is 14.7 Å². The number of hydrogen-bond donors (Lipinski definition) is 2. The van der Waals surface area contributed by atoms with Crippen molar-refractivity contribution in [1.29, 1.82) is 0 Å². The van der Waals surface area contributed by atoms with Crippen LogP contribution in [-0.2, 0) is 11.2 Å². The molecule has 2 rings (SSSR count). The zero-order chi connectivity index (χ0) is 13.7. The maximum absolute atomic E-state index is 11.9. The molecule has 1 aromatic carbocycles. The van der Waals surface area contributed by atoms with Crippen LogP contribution >= 0.6 is 0 Å². The van der Waals surface area contributed by atoms with E-state index in [-0.39, 0.29) is 18.6 Å². The third kappa shape index (κ3) is 4.28. The molecular weight excluding hydrogens is 244 g/mol. The number of nitrogens with one attached hydrogen (secondary N) is 1. The van der Waals surface area contributed by atoms with Gasteiger partial charge in [0.25, 0.3) is 0 Å². The first-order valence-electron chi connectivity index (χ1n) is 6.47. The monoisotopic (exact) mass is 262 g/mol. The molecule has 0 spiro atoms. The number of carbonyl (C=O) groups excluding carboxylic acids is 1. The van der Waals surface area contributed by atoms with E-state index < -0.39 is 5.97 Å². The Bertz CT molecular complexity index is 443. The maximum atomic E-state index is 11.9. The van der Waals surface area contributed by atoms with E-state index in [2.05, 4.69) is 5.32 Å². The van der Waals surface area contributed by atoms with E-state index in [9.17, 15) is 9.59 Å². The molecule has 0 aromatic heterocycles. The van der Waals surface area contributed by atoms with Crippen molar-refractivity contribution in [3.05, 3.63) is 35.9 Å². The van der Waals surface area contributed by atoms with Gasteiger partial charge >= 0.3 is 12.0 Å². The average molecular weight is 262 g/mol. The van der Waals surface area contributed by atoms with E-state index in [0.29, 0.717) is 6.54 Å². The number of amides is 2. The predicted molar refractivity (Wildman–Crippen MR) is 70.9 cm³/mol. The summed E-state index contributed by atoms with van der Waals surface area (Å²) in [6.45, 7) is 0.299. The minimum Gasteiger partial charge on any atom is -0.480 e. The fraction of sp³-hybridized carbons (Fsp3) is 0.429. The lowest BCUT2D eigenvalue weighted by Crippen LogP contribution is -2.44. The van der Waals surface area contributed by atoms with Gasteiger partial charge in [-0.25, -0.2) is 4.79 Å². The third-order valence-electron chi connectivity index (χ3n) is 3.09. The highest BCUT2D eigenvalue weighted by atomic mass is 16.4. The van der Waals surface area contributed by atoms with Gasteiger partial charge < -0.3 is 15.3 Å².